The highest BCUT2D eigenvalue weighted by molar-refractivity contribution is 5.78. The van der Waals surface area contributed by atoms with Gasteiger partial charge in [0.2, 0.25) is 11.8 Å². The summed E-state index contributed by atoms with van der Waals surface area (Å²) in [5.41, 5.74) is 6.42. The molecule has 1 aliphatic rings. The average molecular weight is 305 g/mol. The maximum atomic E-state index is 11.8. The molecule has 2 amide bonds. The number of rotatable bonds is 6. The third-order valence-corrected chi connectivity index (χ3v) is 3.69. The third-order valence-electron chi connectivity index (χ3n) is 3.69. The Bertz CT molecular complexity index is 493. The number of likely N-dealkylation sites (tertiary alicyclic amines) is 1. The number of piperidine rings is 1. The Morgan fingerprint density at radius 2 is 2.09 bits per heavy atom. The van der Waals surface area contributed by atoms with Crippen LogP contribution in [0.1, 0.15) is 18.4 Å². The lowest BCUT2D eigenvalue weighted by atomic mass is 10.1. The van der Waals surface area contributed by atoms with Crippen LogP contribution in [0.5, 0.6) is 0 Å². The Morgan fingerprint density at radius 1 is 1.32 bits per heavy atom. The number of benzene rings is 1. The number of carbonyl (C=O) groups is 2. The monoisotopic (exact) mass is 305 g/mol. The fourth-order valence-electron chi connectivity index (χ4n) is 2.47. The van der Waals surface area contributed by atoms with E-state index < -0.39 is 0 Å². The van der Waals surface area contributed by atoms with Crippen LogP contribution in [0.4, 0.5) is 0 Å². The molecular weight excluding hydrogens is 282 g/mol. The molecule has 3 N–H and O–H groups in total. The van der Waals surface area contributed by atoms with Gasteiger partial charge in [0, 0.05) is 19.6 Å². The van der Waals surface area contributed by atoms with Gasteiger partial charge in [-0.15, -0.1) is 0 Å². The van der Waals surface area contributed by atoms with Gasteiger partial charge in [-0.3, -0.25) is 9.59 Å². The summed E-state index contributed by atoms with van der Waals surface area (Å²) < 4.78 is 5.61. The van der Waals surface area contributed by atoms with Crippen LogP contribution in [0.15, 0.2) is 30.3 Å². The summed E-state index contributed by atoms with van der Waals surface area (Å²) in [5, 5.41) is 2.82. The zero-order valence-electron chi connectivity index (χ0n) is 12.7. The first-order chi connectivity index (χ1) is 10.7. The molecule has 120 valence electrons. The number of carbonyl (C=O) groups excluding carboxylic acids is 2. The Kier molecular flexibility index (Phi) is 6.36. The predicted octanol–water partition coefficient (Wildman–Crippen LogP) is 0.269. The van der Waals surface area contributed by atoms with E-state index in [1.807, 2.05) is 30.3 Å². The minimum atomic E-state index is -0.147. The number of hydrogen-bond acceptors (Lipinski definition) is 4. The largest absolute Gasteiger partial charge is 0.367 e. The molecule has 2 rings (SSSR count). The summed E-state index contributed by atoms with van der Waals surface area (Å²) in [6.45, 7) is 1.76. The van der Waals surface area contributed by atoms with Crippen molar-refractivity contribution in [2.24, 2.45) is 5.73 Å². The quantitative estimate of drug-likeness (QED) is 0.790. The van der Waals surface area contributed by atoms with Crippen molar-refractivity contribution in [1.82, 2.24) is 10.2 Å². The number of ether oxygens (including phenoxy) is 1. The van der Waals surface area contributed by atoms with E-state index in [9.17, 15) is 9.59 Å². The summed E-state index contributed by atoms with van der Waals surface area (Å²) >= 11 is 0. The van der Waals surface area contributed by atoms with E-state index >= 15 is 0 Å². The first-order valence-corrected chi connectivity index (χ1v) is 7.59. The van der Waals surface area contributed by atoms with Crippen molar-refractivity contribution in [2.75, 3.05) is 26.2 Å². The van der Waals surface area contributed by atoms with Gasteiger partial charge in [0.15, 0.2) is 0 Å². The Labute approximate surface area is 130 Å². The van der Waals surface area contributed by atoms with E-state index in [-0.39, 0.29) is 31.1 Å². The first kappa shape index (κ1) is 16.5. The van der Waals surface area contributed by atoms with Crippen molar-refractivity contribution in [3.05, 3.63) is 35.9 Å². The zero-order valence-corrected chi connectivity index (χ0v) is 12.7. The maximum absolute atomic E-state index is 11.8. The van der Waals surface area contributed by atoms with Crippen LogP contribution in [0, 0.1) is 0 Å². The minimum absolute atomic E-state index is 0.0160. The molecule has 0 spiro atoms. The van der Waals surface area contributed by atoms with Gasteiger partial charge in [0.25, 0.3) is 0 Å². The van der Waals surface area contributed by atoms with E-state index in [1.54, 1.807) is 4.90 Å². The molecule has 0 aliphatic carbocycles. The van der Waals surface area contributed by atoms with Crippen LogP contribution in [-0.4, -0.2) is 49.1 Å². The van der Waals surface area contributed by atoms with E-state index in [2.05, 4.69) is 5.32 Å². The molecule has 0 aromatic heterocycles. The van der Waals surface area contributed by atoms with Crippen molar-refractivity contribution in [2.45, 2.75) is 25.5 Å². The van der Waals surface area contributed by atoms with Crippen LogP contribution in [-0.2, 0) is 20.9 Å². The molecular formula is C16H23N3O3. The van der Waals surface area contributed by atoms with Gasteiger partial charge in [0.05, 0.1) is 12.6 Å². The van der Waals surface area contributed by atoms with Crippen molar-refractivity contribution >= 4 is 11.8 Å². The van der Waals surface area contributed by atoms with Gasteiger partial charge < -0.3 is 20.7 Å². The van der Waals surface area contributed by atoms with Gasteiger partial charge >= 0.3 is 0 Å². The fraction of sp³-hybridized carbons (Fsp3) is 0.500. The molecule has 0 radical (unpaired) electrons. The Balaban J connectivity index is 1.68. The van der Waals surface area contributed by atoms with Crippen LogP contribution >= 0.6 is 0 Å². The predicted molar refractivity (Wildman–Crippen MR) is 82.9 cm³/mol. The molecule has 6 nitrogen and oxygen atoms in total. The highest BCUT2D eigenvalue weighted by Gasteiger charge is 2.23. The SMILES string of the molecule is NCC(=O)N1CCCC(OCC(=O)NCc2ccccc2)C1. The van der Waals surface area contributed by atoms with Gasteiger partial charge in [-0.05, 0) is 18.4 Å². The van der Waals surface area contributed by atoms with Crippen LogP contribution in [0.25, 0.3) is 0 Å². The van der Waals surface area contributed by atoms with Crippen LogP contribution in [0.2, 0.25) is 0 Å². The molecule has 22 heavy (non-hydrogen) atoms. The molecule has 1 heterocycles. The van der Waals surface area contributed by atoms with Crippen LogP contribution in [0.3, 0.4) is 0 Å². The molecule has 1 saturated heterocycles. The number of nitrogens with one attached hydrogen (secondary N) is 1. The van der Waals surface area contributed by atoms with E-state index in [4.69, 9.17) is 10.5 Å². The molecule has 1 aliphatic heterocycles. The van der Waals surface area contributed by atoms with Gasteiger partial charge in [-0.25, -0.2) is 0 Å². The topological polar surface area (TPSA) is 84.7 Å². The number of hydrogen-bond donors (Lipinski definition) is 2. The first-order valence-electron chi connectivity index (χ1n) is 7.59. The summed E-state index contributed by atoms with van der Waals surface area (Å²) in [5.74, 6) is -0.215. The van der Waals surface area contributed by atoms with Crippen molar-refractivity contribution < 1.29 is 14.3 Å². The lowest BCUT2D eigenvalue weighted by molar-refractivity contribution is -0.136. The average Bonchev–Trinajstić information content (AvgIpc) is 2.58. The normalized spacial score (nSPS) is 18.0. The van der Waals surface area contributed by atoms with E-state index in [0.717, 1.165) is 24.9 Å². The Morgan fingerprint density at radius 3 is 2.82 bits per heavy atom. The van der Waals surface area contributed by atoms with Crippen molar-refractivity contribution in [3.8, 4) is 0 Å². The van der Waals surface area contributed by atoms with Gasteiger partial charge in [-0.1, -0.05) is 30.3 Å². The second-order valence-corrected chi connectivity index (χ2v) is 5.38. The minimum Gasteiger partial charge on any atom is -0.367 e. The van der Waals surface area contributed by atoms with Crippen molar-refractivity contribution in [1.29, 1.82) is 0 Å². The van der Waals surface area contributed by atoms with E-state index in [1.165, 1.54) is 0 Å². The smallest absolute Gasteiger partial charge is 0.246 e. The summed E-state index contributed by atoms with van der Waals surface area (Å²) in [6, 6.07) is 9.72. The summed E-state index contributed by atoms with van der Waals surface area (Å²) in [7, 11) is 0. The highest BCUT2D eigenvalue weighted by atomic mass is 16.5. The molecule has 1 fully saturated rings. The maximum Gasteiger partial charge on any atom is 0.246 e. The second-order valence-electron chi connectivity index (χ2n) is 5.38. The lowest BCUT2D eigenvalue weighted by Crippen LogP contribution is -2.46. The fourth-order valence-corrected chi connectivity index (χ4v) is 2.47. The Hall–Kier alpha value is -1.92. The highest BCUT2D eigenvalue weighted by Crippen LogP contribution is 2.13. The zero-order chi connectivity index (χ0) is 15.8. The molecule has 0 bridgehead atoms. The molecule has 1 atom stereocenters. The van der Waals surface area contributed by atoms with Crippen LogP contribution < -0.4 is 11.1 Å². The van der Waals surface area contributed by atoms with Crippen molar-refractivity contribution in [3.63, 3.8) is 0 Å². The van der Waals surface area contributed by atoms with E-state index in [0.29, 0.717) is 13.1 Å². The second kappa shape index (κ2) is 8.51. The summed E-state index contributed by atoms with van der Waals surface area (Å²) in [6.07, 6.45) is 1.65. The molecule has 1 aromatic rings. The molecule has 6 heteroatoms. The number of nitrogens with zero attached hydrogens (tertiary/aromatic N) is 1. The number of nitrogens with two attached hydrogens (primary N) is 1. The standard InChI is InChI=1S/C16H23N3O3/c17-9-16(21)19-8-4-7-14(11-19)22-12-15(20)18-10-13-5-2-1-3-6-13/h1-3,5-6,14H,4,7-12,17H2,(H,18,20). The van der Waals surface area contributed by atoms with Gasteiger partial charge in [0.1, 0.15) is 6.61 Å². The molecule has 1 unspecified atom stereocenters. The molecule has 1 aromatic carbocycles. The number of amides is 2. The summed E-state index contributed by atoms with van der Waals surface area (Å²) in [4.78, 5) is 25.1. The van der Waals surface area contributed by atoms with Gasteiger partial charge in [-0.2, -0.15) is 0 Å². The molecule has 0 saturated carbocycles. The third kappa shape index (κ3) is 5.13. The lowest BCUT2D eigenvalue weighted by Gasteiger charge is -2.32.